The zero-order valence-corrected chi connectivity index (χ0v) is 16.2. The largest absolute Gasteiger partial charge is 0.497 e. The van der Waals surface area contributed by atoms with Gasteiger partial charge in [-0.05, 0) is 96.3 Å². The summed E-state index contributed by atoms with van der Waals surface area (Å²) >= 11 is 0. The molecule has 0 N–H and O–H groups in total. The van der Waals surface area contributed by atoms with E-state index in [4.69, 9.17) is 4.74 Å². The zero-order chi connectivity index (χ0) is 17.1. The van der Waals surface area contributed by atoms with E-state index in [-0.39, 0.29) is 0 Å². The monoisotopic (exact) mass is 326 g/mol. The molecule has 2 saturated carbocycles. The van der Waals surface area contributed by atoms with Gasteiger partial charge in [0.05, 0.1) is 7.11 Å². The second kappa shape index (κ2) is 5.51. The van der Waals surface area contributed by atoms with Crippen molar-refractivity contribution in [1.29, 1.82) is 0 Å². The number of rotatable bonds is 1. The van der Waals surface area contributed by atoms with Gasteiger partial charge in [-0.15, -0.1) is 0 Å². The summed E-state index contributed by atoms with van der Waals surface area (Å²) in [7, 11) is 1.78. The minimum Gasteiger partial charge on any atom is -0.497 e. The highest BCUT2D eigenvalue weighted by Gasteiger charge is 2.57. The Morgan fingerprint density at radius 3 is 2.67 bits per heavy atom. The third-order valence-corrected chi connectivity index (χ3v) is 8.40. The molecule has 0 aliphatic heterocycles. The van der Waals surface area contributed by atoms with Crippen molar-refractivity contribution in [2.75, 3.05) is 7.11 Å². The molecule has 1 aromatic rings. The van der Waals surface area contributed by atoms with Gasteiger partial charge in [0.25, 0.3) is 0 Å². The summed E-state index contributed by atoms with van der Waals surface area (Å²) < 4.78 is 5.47. The van der Waals surface area contributed by atoms with Gasteiger partial charge in [0.1, 0.15) is 5.75 Å². The van der Waals surface area contributed by atoms with Gasteiger partial charge < -0.3 is 4.74 Å². The maximum atomic E-state index is 5.47. The summed E-state index contributed by atoms with van der Waals surface area (Å²) in [6.45, 7) is 10.2. The molecule has 0 radical (unpaired) electrons. The van der Waals surface area contributed by atoms with Gasteiger partial charge in [0, 0.05) is 0 Å². The molecule has 0 spiro atoms. The van der Waals surface area contributed by atoms with Crippen LogP contribution in [0, 0.1) is 28.6 Å². The predicted octanol–water partition coefficient (Wildman–Crippen LogP) is 6.21. The fraction of sp³-hybridized carbons (Fsp3) is 0.739. The Hall–Kier alpha value is -0.980. The highest BCUT2D eigenvalue weighted by atomic mass is 16.5. The number of aryl methyl sites for hydroxylation is 1. The van der Waals surface area contributed by atoms with Gasteiger partial charge >= 0.3 is 0 Å². The first-order chi connectivity index (χ1) is 11.4. The molecule has 4 rings (SSSR count). The van der Waals surface area contributed by atoms with Crippen LogP contribution in [0.4, 0.5) is 0 Å². The summed E-state index contributed by atoms with van der Waals surface area (Å²) in [5, 5.41) is 0. The lowest BCUT2D eigenvalue weighted by Gasteiger charge is -2.46. The summed E-state index contributed by atoms with van der Waals surface area (Å²) in [4.78, 5) is 0. The first kappa shape index (κ1) is 16.5. The SMILES string of the molecule is COc1ccc2c(c1)CCC1C2CC(C)CC2(C)C1CCC2(C)C. The minimum absolute atomic E-state index is 0.501. The zero-order valence-electron chi connectivity index (χ0n) is 16.2. The molecule has 1 aromatic carbocycles. The number of ether oxygens (including phenoxy) is 1. The van der Waals surface area contributed by atoms with E-state index < -0.39 is 0 Å². The standard InChI is InChI=1S/C23H34O/c1-15-12-20-18-9-7-17(24-5)13-16(18)6-8-19(20)21-10-11-22(2,3)23(21,4)14-15/h7,9,13,15,19-21H,6,8,10-12,14H2,1-5H3. The van der Waals surface area contributed by atoms with Crippen LogP contribution in [-0.2, 0) is 6.42 Å². The number of benzene rings is 1. The minimum atomic E-state index is 0.501. The summed E-state index contributed by atoms with van der Waals surface area (Å²) in [6.07, 6.45) is 8.29. The van der Waals surface area contributed by atoms with E-state index in [1.54, 1.807) is 18.2 Å². The van der Waals surface area contributed by atoms with E-state index in [9.17, 15) is 0 Å². The number of hydrogen-bond acceptors (Lipinski definition) is 1. The molecule has 1 heteroatoms. The maximum absolute atomic E-state index is 5.47. The number of methoxy groups -OCH3 is 1. The highest BCUT2D eigenvalue weighted by Crippen LogP contribution is 2.66. The second-order valence-corrected chi connectivity index (χ2v) is 9.87. The molecule has 3 aliphatic carbocycles. The molecule has 0 amide bonds. The van der Waals surface area contributed by atoms with E-state index in [1.807, 2.05) is 0 Å². The quantitative estimate of drug-likeness (QED) is 0.596. The van der Waals surface area contributed by atoms with Gasteiger partial charge in [-0.2, -0.15) is 0 Å². The van der Waals surface area contributed by atoms with Crippen molar-refractivity contribution < 1.29 is 4.74 Å². The summed E-state index contributed by atoms with van der Waals surface area (Å²) in [6, 6.07) is 6.88. The Bertz CT molecular complexity index is 631. The summed E-state index contributed by atoms with van der Waals surface area (Å²) in [5.41, 5.74) is 4.23. The molecule has 0 saturated heterocycles. The maximum Gasteiger partial charge on any atom is 0.119 e. The molecule has 0 heterocycles. The number of hydrogen-bond donors (Lipinski definition) is 0. The van der Waals surface area contributed by atoms with E-state index in [1.165, 1.54) is 38.5 Å². The van der Waals surface area contributed by atoms with E-state index in [0.29, 0.717) is 10.8 Å². The van der Waals surface area contributed by atoms with Crippen molar-refractivity contribution in [3.05, 3.63) is 29.3 Å². The average molecular weight is 327 g/mol. The topological polar surface area (TPSA) is 9.23 Å². The van der Waals surface area contributed by atoms with Crippen molar-refractivity contribution in [3.8, 4) is 5.75 Å². The smallest absolute Gasteiger partial charge is 0.119 e. The molecule has 132 valence electrons. The predicted molar refractivity (Wildman–Crippen MR) is 101 cm³/mol. The molecule has 0 bridgehead atoms. The molecule has 3 aliphatic rings. The van der Waals surface area contributed by atoms with Gasteiger partial charge in [-0.3, -0.25) is 0 Å². The Labute approximate surface area is 148 Å². The van der Waals surface area contributed by atoms with Crippen LogP contribution in [0.3, 0.4) is 0 Å². The summed E-state index contributed by atoms with van der Waals surface area (Å²) in [5.74, 6) is 4.44. The molecular weight excluding hydrogens is 292 g/mol. The van der Waals surface area contributed by atoms with Crippen LogP contribution in [0.25, 0.3) is 0 Å². The Kier molecular flexibility index (Phi) is 3.79. The fourth-order valence-electron chi connectivity index (χ4n) is 6.80. The molecule has 0 aromatic heterocycles. The van der Waals surface area contributed by atoms with Crippen molar-refractivity contribution in [2.24, 2.45) is 28.6 Å². The lowest BCUT2D eigenvalue weighted by Crippen LogP contribution is -2.39. The molecule has 2 fully saturated rings. The Morgan fingerprint density at radius 2 is 1.92 bits per heavy atom. The first-order valence-corrected chi connectivity index (χ1v) is 10.0. The molecule has 24 heavy (non-hydrogen) atoms. The van der Waals surface area contributed by atoms with Gasteiger partial charge in [-0.25, -0.2) is 0 Å². The first-order valence-electron chi connectivity index (χ1n) is 10.0. The van der Waals surface area contributed by atoms with Gasteiger partial charge in [0.15, 0.2) is 0 Å². The molecular formula is C23H34O. The van der Waals surface area contributed by atoms with Crippen LogP contribution in [-0.4, -0.2) is 7.11 Å². The molecule has 1 nitrogen and oxygen atoms in total. The molecule has 5 atom stereocenters. The van der Waals surface area contributed by atoms with Crippen molar-refractivity contribution in [2.45, 2.75) is 72.1 Å². The van der Waals surface area contributed by atoms with Crippen LogP contribution in [0.2, 0.25) is 0 Å². The van der Waals surface area contributed by atoms with Gasteiger partial charge in [-0.1, -0.05) is 33.8 Å². The van der Waals surface area contributed by atoms with Crippen LogP contribution < -0.4 is 4.74 Å². The van der Waals surface area contributed by atoms with E-state index in [0.717, 1.165) is 29.4 Å². The Balaban J connectivity index is 1.75. The second-order valence-electron chi connectivity index (χ2n) is 9.87. The van der Waals surface area contributed by atoms with E-state index >= 15 is 0 Å². The third-order valence-electron chi connectivity index (χ3n) is 8.40. The van der Waals surface area contributed by atoms with Crippen LogP contribution >= 0.6 is 0 Å². The average Bonchev–Trinajstić information content (AvgIpc) is 2.70. The van der Waals surface area contributed by atoms with Crippen LogP contribution in [0.1, 0.15) is 76.8 Å². The van der Waals surface area contributed by atoms with Crippen molar-refractivity contribution >= 4 is 0 Å². The number of fused-ring (bicyclic) bond motifs is 5. The van der Waals surface area contributed by atoms with E-state index in [2.05, 4.69) is 45.9 Å². The highest BCUT2D eigenvalue weighted by molar-refractivity contribution is 5.40. The fourth-order valence-corrected chi connectivity index (χ4v) is 6.80. The molecule has 5 unspecified atom stereocenters. The lowest BCUT2D eigenvalue weighted by molar-refractivity contribution is 0.0374. The van der Waals surface area contributed by atoms with Gasteiger partial charge in [0.2, 0.25) is 0 Å². The Morgan fingerprint density at radius 1 is 1.12 bits per heavy atom. The van der Waals surface area contributed by atoms with Crippen LogP contribution in [0.5, 0.6) is 5.75 Å². The lowest BCUT2D eigenvalue weighted by atomic mass is 9.58. The van der Waals surface area contributed by atoms with Crippen molar-refractivity contribution in [3.63, 3.8) is 0 Å². The normalized spacial score (nSPS) is 40.2. The van der Waals surface area contributed by atoms with Crippen LogP contribution in [0.15, 0.2) is 18.2 Å². The van der Waals surface area contributed by atoms with Crippen molar-refractivity contribution in [1.82, 2.24) is 0 Å². The third kappa shape index (κ3) is 2.26.